The van der Waals surface area contributed by atoms with E-state index < -0.39 is 27.9 Å². The predicted octanol–water partition coefficient (Wildman–Crippen LogP) is 1.32. The number of sulfonamides is 1. The van der Waals surface area contributed by atoms with Gasteiger partial charge in [-0.3, -0.25) is 4.79 Å². The van der Waals surface area contributed by atoms with Crippen molar-refractivity contribution < 1.29 is 27.9 Å². The molecule has 2 N–H and O–H groups in total. The van der Waals surface area contributed by atoms with Crippen LogP contribution in [0, 0.1) is 5.92 Å². The number of ether oxygens (including phenoxy) is 1. The summed E-state index contributed by atoms with van der Waals surface area (Å²) in [7, 11) is -3.79. The largest absolute Gasteiger partial charge is 0.480 e. The number of carboxylic acid groups (broad SMARTS) is 1. The molecule has 1 aromatic carbocycles. The number of hydrogen-bond acceptors (Lipinski definition) is 5. The summed E-state index contributed by atoms with van der Waals surface area (Å²) >= 11 is 0. The van der Waals surface area contributed by atoms with Gasteiger partial charge in [0, 0.05) is 18.7 Å². The Hall–Kier alpha value is -1.97. The lowest BCUT2D eigenvalue weighted by Crippen LogP contribution is -2.48. The minimum absolute atomic E-state index is 0.00660. The summed E-state index contributed by atoms with van der Waals surface area (Å²) in [5.41, 5.74) is 0.0948. The van der Waals surface area contributed by atoms with Crippen LogP contribution < -0.4 is 5.32 Å². The van der Waals surface area contributed by atoms with E-state index in [2.05, 4.69) is 5.32 Å². The molecule has 0 saturated carbocycles. The number of nitrogens with one attached hydrogen (secondary N) is 1. The van der Waals surface area contributed by atoms with E-state index in [1.807, 2.05) is 0 Å². The molecule has 1 fully saturated rings. The second-order valence-corrected chi connectivity index (χ2v) is 9.08. The fourth-order valence-corrected chi connectivity index (χ4v) is 4.65. The molecule has 0 aromatic heterocycles. The highest BCUT2D eigenvalue weighted by Gasteiger charge is 2.32. The Morgan fingerprint density at radius 1 is 1.22 bits per heavy atom. The highest BCUT2D eigenvalue weighted by atomic mass is 32.2. The van der Waals surface area contributed by atoms with E-state index in [0.29, 0.717) is 0 Å². The maximum Gasteiger partial charge on any atom is 0.326 e. The number of carbonyl (C=O) groups is 2. The lowest BCUT2D eigenvalue weighted by molar-refractivity contribution is -0.140. The lowest BCUT2D eigenvalue weighted by atomic mass is 10.0. The second-order valence-electron chi connectivity index (χ2n) is 7.14. The summed E-state index contributed by atoms with van der Waals surface area (Å²) in [5, 5.41) is 11.7. The third kappa shape index (κ3) is 5.06. The average molecular weight is 398 g/mol. The number of rotatable bonds is 6. The van der Waals surface area contributed by atoms with Crippen LogP contribution in [0.15, 0.2) is 29.2 Å². The molecule has 8 nitrogen and oxygen atoms in total. The maximum absolute atomic E-state index is 12.9. The van der Waals surface area contributed by atoms with E-state index in [-0.39, 0.29) is 41.7 Å². The van der Waals surface area contributed by atoms with Crippen molar-refractivity contribution >= 4 is 21.9 Å². The van der Waals surface area contributed by atoms with Gasteiger partial charge in [-0.2, -0.15) is 4.31 Å². The number of hydrogen-bond donors (Lipinski definition) is 2. The Balaban J connectivity index is 2.26. The quantitative estimate of drug-likeness (QED) is 0.747. The molecule has 1 aliphatic rings. The van der Waals surface area contributed by atoms with Crippen LogP contribution in [0.3, 0.4) is 0 Å². The molecule has 1 heterocycles. The molecule has 0 bridgehead atoms. The summed E-state index contributed by atoms with van der Waals surface area (Å²) < 4.78 is 32.8. The van der Waals surface area contributed by atoms with Gasteiger partial charge in [0.05, 0.1) is 17.1 Å². The Kier molecular flexibility index (Phi) is 6.61. The smallest absolute Gasteiger partial charge is 0.326 e. The zero-order valence-electron chi connectivity index (χ0n) is 15.9. The number of morpholine rings is 1. The van der Waals surface area contributed by atoms with Gasteiger partial charge in [0.1, 0.15) is 6.04 Å². The van der Waals surface area contributed by atoms with Gasteiger partial charge >= 0.3 is 5.97 Å². The SMILES string of the molecule is CC1CN(S(=O)(=O)c2cccc(C(=O)N[C@H](C(=O)O)C(C)C)c2)CC(C)O1. The molecule has 27 heavy (non-hydrogen) atoms. The molecule has 9 heteroatoms. The third-order valence-electron chi connectivity index (χ3n) is 4.34. The fourth-order valence-electron chi connectivity index (χ4n) is 3.01. The summed E-state index contributed by atoms with van der Waals surface area (Å²) in [4.78, 5) is 23.7. The molecule has 1 amide bonds. The first-order valence-corrected chi connectivity index (χ1v) is 10.3. The van der Waals surface area contributed by atoms with E-state index >= 15 is 0 Å². The van der Waals surface area contributed by atoms with Crippen molar-refractivity contribution in [3.63, 3.8) is 0 Å². The third-order valence-corrected chi connectivity index (χ3v) is 6.17. The normalized spacial score (nSPS) is 22.4. The van der Waals surface area contributed by atoms with Crippen LogP contribution in [0.2, 0.25) is 0 Å². The molecular weight excluding hydrogens is 372 g/mol. The van der Waals surface area contributed by atoms with Crippen LogP contribution in [-0.4, -0.2) is 61.0 Å². The van der Waals surface area contributed by atoms with Crippen molar-refractivity contribution in [3.05, 3.63) is 29.8 Å². The Morgan fingerprint density at radius 3 is 2.33 bits per heavy atom. The molecule has 0 spiro atoms. The molecular formula is C18H26N2O6S. The molecule has 0 aliphatic carbocycles. The Labute approximate surface area is 159 Å². The molecule has 2 rings (SSSR count). The molecule has 2 unspecified atom stereocenters. The summed E-state index contributed by atoms with van der Waals surface area (Å²) in [6.07, 6.45) is -0.449. The van der Waals surface area contributed by atoms with E-state index in [4.69, 9.17) is 4.74 Å². The molecule has 1 aliphatic heterocycles. The molecule has 150 valence electrons. The van der Waals surface area contributed by atoms with Crippen molar-refractivity contribution in [1.82, 2.24) is 9.62 Å². The number of nitrogens with zero attached hydrogens (tertiary/aromatic N) is 1. The minimum atomic E-state index is -3.79. The van der Waals surface area contributed by atoms with Crippen LogP contribution in [0.25, 0.3) is 0 Å². The summed E-state index contributed by atoms with van der Waals surface area (Å²) in [6.45, 7) is 7.44. The topological polar surface area (TPSA) is 113 Å². The van der Waals surface area contributed by atoms with Crippen LogP contribution in [0.4, 0.5) is 0 Å². The van der Waals surface area contributed by atoms with Crippen molar-refractivity contribution in [2.75, 3.05) is 13.1 Å². The van der Waals surface area contributed by atoms with Gasteiger partial charge in [-0.1, -0.05) is 19.9 Å². The van der Waals surface area contributed by atoms with Crippen LogP contribution in [0.5, 0.6) is 0 Å². The standard InChI is InChI=1S/C18H26N2O6S/c1-11(2)16(18(22)23)19-17(21)14-6-5-7-15(8-14)27(24,25)20-9-12(3)26-13(4)10-20/h5-8,11-13,16H,9-10H2,1-4H3,(H,19,21)(H,22,23)/t12?,13?,16-/m0/s1. The number of benzene rings is 1. The van der Waals surface area contributed by atoms with Gasteiger partial charge in [-0.05, 0) is 38.0 Å². The number of aliphatic carboxylic acids is 1. The highest BCUT2D eigenvalue weighted by molar-refractivity contribution is 7.89. The Morgan fingerprint density at radius 2 is 1.81 bits per heavy atom. The molecule has 1 saturated heterocycles. The van der Waals surface area contributed by atoms with Gasteiger partial charge in [-0.25, -0.2) is 13.2 Å². The highest BCUT2D eigenvalue weighted by Crippen LogP contribution is 2.22. The van der Waals surface area contributed by atoms with E-state index in [1.165, 1.54) is 28.6 Å². The minimum Gasteiger partial charge on any atom is -0.480 e. The first-order valence-electron chi connectivity index (χ1n) is 8.81. The Bertz CT molecular complexity index is 798. The number of amides is 1. The summed E-state index contributed by atoms with van der Waals surface area (Å²) in [5.74, 6) is -2.08. The molecule has 1 aromatic rings. The first-order chi connectivity index (χ1) is 12.5. The zero-order valence-corrected chi connectivity index (χ0v) is 16.7. The van der Waals surface area contributed by atoms with Crippen molar-refractivity contribution in [3.8, 4) is 0 Å². The van der Waals surface area contributed by atoms with Gasteiger partial charge in [-0.15, -0.1) is 0 Å². The van der Waals surface area contributed by atoms with Crippen LogP contribution in [-0.2, 0) is 19.6 Å². The predicted molar refractivity (Wildman–Crippen MR) is 98.9 cm³/mol. The second kappa shape index (κ2) is 8.37. The van der Waals surface area contributed by atoms with E-state index in [1.54, 1.807) is 27.7 Å². The van der Waals surface area contributed by atoms with E-state index in [0.717, 1.165) is 0 Å². The zero-order chi connectivity index (χ0) is 20.4. The summed E-state index contributed by atoms with van der Waals surface area (Å²) in [6, 6.07) is 4.57. The molecule has 3 atom stereocenters. The van der Waals surface area contributed by atoms with Crippen molar-refractivity contribution in [2.24, 2.45) is 5.92 Å². The van der Waals surface area contributed by atoms with Gasteiger partial charge < -0.3 is 15.2 Å². The van der Waals surface area contributed by atoms with Gasteiger partial charge in [0.2, 0.25) is 10.0 Å². The average Bonchev–Trinajstić information content (AvgIpc) is 2.58. The monoisotopic (exact) mass is 398 g/mol. The number of carbonyl (C=O) groups excluding carboxylic acids is 1. The lowest BCUT2D eigenvalue weighted by Gasteiger charge is -2.34. The fraction of sp³-hybridized carbons (Fsp3) is 0.556. The maximum atomic E-state index is 12.9. The van der Waals surface area contributed by atoms with Crippen molar-refractivity contribution in [1.29, 1.82) is 0 Å². The van der Waals surface area contributed by atoms with Gasteiger partial charge in [0.15, 0.2) is 0 Å². The van der Waals surface area contributed by atoms with Crippen LogP contribution in [0.1, 0.15) is 38.1 Å². The van der Waals surface area contributed by atoms with Crippen LogP contribution >= 0.6 is 0 Å². The molecule has 0 radical (unpaired) electrons. The van der Waals surface area contributed by atoms with Gasteiger partial charge in [0.25, 0.3) is 5.91 Å². The van der Waals surface area contributed by atoms with Crippen molar-refractivity contribution in [2.45, 2.75) is 50.8 Å². The van der Waals surface area contributed by atoms with E-state index in [9.17, 15) is 23.1 Å². The first kappa shape index (κ1) is 21.3. The number of carboxylic acids is 1.